The predicted molar refractivity (Wildman–Crippen MR) is 133 cm³/mol. The summed E-state index contributed by atoms with van der Waals surface area (Å²) in [5.74, 6) is -1.13. The summed E-state index contributed by atoms with van der Waals surface area (Å²) in [4.78, 5) is 39.5. The summed E-state index contributed by atoms with van der Waals surface area (Å²) in [5, 5.41) is 5.76. The summed E-state index contributed by atoms with van der Waals surface area (Å²) in [6.07, 6.45) is 0.731. The lowest BCUT2D eigenvalue weighted by atomic mass is 10.1. The Morgan fingerprint density at radius 2 is 1.89 bits per heavy atom. The molecule has 1 aliphatic rings. The molecule has 1 aromatic heterocycles. The number of nitrogens with two attached hydrogens (primary N) is 1. The number of urea groups is 2. The van der Waals surface area contributed by atoms with Crippen molar-refractivity contribution in [2.45, 2.75) is 18.9 Å². The first kappa shape index (κ1) is 24.5. The van der Waals surface area contributed by atoms with Crippen LogP contribution in [0.3, 0.4) is 0 Å². The molecule has 1 aliphatic heterocycles. The number of thiophene rings is 1. The number of likely N-dealkylation sites (tertiary alicyclic amines) is 1. The van der Waals surface area contributed by atoms with Crippen LogP contribution < -0.4 is 16.4 Å². The van der Waals surface area contributed by atoms with E-state index in [9.17, 15) is 18.8 Å². The molecule has 4 amide bonds. The lowest BCUT2D eigenvalue weighted by molar-refractivity contribution is 0.0134. The van der Waals surface area contributed by atoms with E-state index >= 15 is 0 Å². The molecular weight excluding hydrogens is 495 g/mol. The number of nitrogens with zero attached hydrogens (tertiary/aromatic N) is 1. The van der Waals surface area contributed by atoms with Gasteiger partial charge in [-0.15, -0.1) is 11.3 Å². The summed E-state index contributed by atoms with van der Waals surface area (Å²) in [6, 6.07) is 12.9. The average Bonchev–Trinajstić information content (AvgIpc) is 3.23. The highest BCUT2D eigenvalue weighted by Crippen LogP contribution is 2.36. The minimum Gasteiger partial charge on any atom is -0.456 e. The van der Waals surface area contributed by atoms with Crippen LogP contribution in [0.4, 0.5) is 25.4 Å². The Bertz CT molecular complexity index is 1250. The van der Waals surface area contributed by atoms with Gasteiger partial charge in [0.1, 0.15) is 16.8 Å². The van der Waals surface area contributed by atoms with Gasteiger partial charge >= 0.3 is 18.0 Å². The van der Waals surface area contributed by atoms with Crippen LogP contribution >= 0.6 is 22.9 Å². The van der Waals surface area contributed by atoms with Crippen molar-refractivity contribution in [3.05, 3.63) is 70.3 Å². The van der Waals surface area contributed by atoms with Crippen LogP contribution in [0.1, 0.15) is 22.5 Å². The number of primary amides is 1. The zero-order valence-corrected chi connectivity index (χ0v) is 20.0. The molecular formula is C24H22ClFN4O4S. The number of benzene rings is 2. The van der Waals surface area contributed by atoms with Gasteiger partial charge in [0, 0.05) is 22.1 Å². The molecule has 1 atom stereocenters. The summed E-state index contributed by atoms with van der Waals surface area (Å²) in [6.45, 7) is 0.718. The third-order valence-corrected chi connectivity index (χ3v) is 6.76. The molecule has 1 fully saturated rings. The van der Waals surface area contributed by atoms with E-state index in [4.69, 9.17) is 22.1 Å². The fourth-order valence-electron chi connectivity index (χ4n) is 3.68. The molecule has 0 saturated carbocycles. The highest BCUT2D eigenvalue weighted by atomic mass is 35.5. The molecule has 0 spiro atoms. The number of hydrogen-bond acceptors (Lipinski definition) is 5. The molecule has 0 aliphatic carbocycles. The number of amides is 4. The van der Waals surface area contributed by atoms with Crippen molar-refractivity contribution in [2.24, 2.45) is 5.73 Å². The topological polar surface area (TPSA) is 114 Å². The molecule has 4 N–H and O–H groups in total. The van der Waals surface area contributed by atoms with Crippen LogP contribution in [0.15, 0.2) is 54.6 Å². The van der Waals surface area contributed by atoms with Crippen molar-refractivity contribution in [3.63, 3.8) is 0 Å². The van der Waals surface area contributed by atoms with Crippen LogP contribution in [0, 0.1) is 5.82 Å². The summed E-state index contributed by atoms with van der Waals surface area (Å²) in [7, 11) is 0. The maximum Gasteiger partial charge on any atom is 0.350 e. The van der Waals surface area contributed by atoms with E-state index in [1.807, 2.05) is 0 Å². The number of anilines is 2. The Hall–Kier alpha value is -3.63. The fourth-order valence-corrected chi connectivity index (χ4v) is 4.81. The summed E-state index contributed by atoms with van der Waals surface area (Å²) in [5.41, 5.74) is 6.65. The maximum atomic E-state index is 13.5. The number of nitrogens with one attached hydrogen (secondary N) is 2. The van der Waals surface area contributed by atoms with Crippen LogP contribution in [0.5, 0.6) is 0 Å². The van der Waals surface area contributed by atoms with Crippen LogP contribution in [-0.2, 0) is 4.74 Å². The summed E-state index contributed by atoms with van der Waals surface area (Å²) < 4.78 is 19.1. The molecule has 11 heteroatoms. The first-order valence-corrected chi connectivity index (χ1v) is 12.0. The monoisotopic (exact) mass is 516 g/mol. The van der Waals surface area contributed by atoms with Gasteiger partial charge in [0.2, 0.25) is 0 Å². The van der Waals surface area contributed by atoms with Gasteiger partial charge in [-0.1, -0.05) is 29.8 Å². The van der Waals surface area contributed by atoms with Gasteiger partial charge in [0.15, 0.2) is 0 Å². The molecule has 4 rings (SSSR count). The number of esters is 1. The van der Waals surface area contributed by atoms with Crippen molar-refractivity contribution in [3.8, 4) is 10.4 Å². The van der Waals surface area contributed by atoms with Crippen LogP contribution in [0.25, 0.3) is 10.4 Å². The van der Waals surface area contributed by atoms with E-state index in [0.29, 0.717) is 29.3 Å². The number of carbonyl (C=O) groups excluding carboxylic acids is 3. The second-order valence-electron chi connectivity index (χ2n) is 7.90. The predicted octanol–water partition coefficient (Wildman–Crippen LogP) is 5.55. The molecule has 1 saturated heterocycles. The molecule has 0 bridgehead atoms. The Balaban J connectivity index is 1.56. The van der Waals surface area contributed by atoms with E-state index < -0.39 is 30.0 Å². The zero-order chi connectivity index (χ0) is 24.9. The van der Waals surface area contributed by atoms with Crippen LogP contribution in [-0.4, -0.2) is 42.1 Å². The molecule has 2 heterocycles. The van der Waals surface area contributed by atoms with E-state index in [2.05, 4.69) is 10.6 Å². The van der Waals surface area contributed by atoms with E-state index in [-0.39, 0.29) is 22.8 Å². The number of hydrogen-bond donors (Lipinski definition) is 3. The van der Waals surface area contributed by atoms with E-state index in [1.165, 1.54) is 29.2 Å². The first-order valence-electron chi connectivity index (χ1n) is 10.8. The smallest absolute Gasteiger partial charge is 0.350 e. The highest BCUT2D eigenvalue weighted by molar-refractivity contribution is 7.18. The van der Waals surface area contributed by atoms with Crippen molar-refractivity contribution in [2.75, 3.05) is 23.7 Å². The van der Waals surface area contributed by atoms with Gasteiger partial charge < -0.3 is 26.0 Å². The molecule has 3 aromatic rings. The molecule has 35 heavy (non-hydrogen) atoms. The van der Waals surface area contributed by atoms with E-state index in [0.717, 1.165) is 16.9 Å². The van der Waals surface area contributed by atoms with Crippen molar-refractivity contribution >= 4 is 52.3 Å². The minimum atomic E-state index is -0.650. The number of piperidine rings is 1. The van der Waals surface area contributed by atoms with Gasteiger partial charge in [0.05, 0.1) is 12.2 Å². The normalized spacial score (nSPS) is 15.4. The van der Waals surface area contributed by atoms with E-state index in [1.54, 1.807) is 30.3 Å². The first-order chi connectivity index (χ1) is 16.8. The highest BCUT2D eigenvalue weighted by Gasteiger charge is 2.28. The number of carbonyl (C=O) groups is 3. The zero-order valence-electron chi connectivity index (χ0n) is 18.4. The average molecular weight is 517 g/mol. The Labute approximate surface area is 209 Å². The van der Waals surface area contributed by atoms with Crippen molar-refractivity contribution < 1.29 is 23.5 Å². The SMILES string of the molecule is NC(=O)N1CCCC(OC(=O)c2sc(-c3ccc(Cl)cc3)cc2NC(=O)Nc2cccc(F)c2)C1. The number of rotatable bonds is 5. The molecule has 182 valence electrons. The molecule has 2 aromatic carbocycles. The molecule has 1 unspecified atom stereocenters. The second kappa shape index (κ2) is 10.7. The lowest BCUT2D eigenvalue weighted by Crippen LogP contribution is -2.46. The number of halogens is 2. The van der Waals surface area contributed by atoms with Crippen molar-refractivity contribution in [1.29, 1.82) is 0 Å². The van der Waals surface area contributed by atoms with Crippen molar-refractivity contribution in [1.82, 2.24) is 4.90 Å². The molecule has 8 nitrogen and oxygen atoms in total. The number of ether oxygens (including phenoxy) is 1. The third-order valence-electron chi connectivity index (χ3n) is 5.34. The van der Waals surface area contributed by atoms with Gasteiger partial charge in [-0.25, -0.2) is 18.8 Å². The van der Waals surface area contributed by atoms with Gasteiger partial charge in [0.25, 0.3) is 0 Å². The van der Waals surface area contributed by atoms with Gasteiger partial charge in [-0.05, 0) is 54.8 Å². The standard InChI is InChI=1S/C24H22ClFN4O4S/c25-15-8-6-14(7-9-15)20-12-19(29-24(33)28-17-4-1-3-16(26)11-17)21(35-20)22(31)34-18-5-2-10-30(13-18)23(27)32/h1,3-4,6-9,11-12,18H,2,5,10,13H2,(H2,27,32)(H2,28,29,33). The Kier molecular flexibility index (Phi) is 7.52. The fraction of sp³-hybridized carbons (Fsp3) is 0.208. The van der Waals surface area contributed by atoms with Gasteiger partial charge in [-0.3, -0.25) is 0 Å². The molecule has 0 radical (unpaired) electrons. The van der Waals surface area contributed by atoms with Crippen LogP contribution in [0.2, 0.25) is 5.02 Å². The Morgan fingerprint density at radius 1 is 1.11 bits per heavy atom. The lowest BCUT2D eigenvalue weighted by Gasteiger charge is -2.31. The Morgan fingerprint density at radius 3 is 2.60 bits per heavy atom. The summed E-state index contributed by atoms with van der Waals surface area (Å²) >= 11 is 7.13. The second-order valence-corrected chi connectivity index (χ2v) is 9.39. The minimum absolute atomic E-state index is 0.181. The quantitative estimate of drug-likeness (QED) is 0.386. The third kappa shape index (κ3) is 6.28. The largest absolute Gasteiger partial charge is 0.456 e. The van der Waals surface area contributed by atoms with Gasteiger partial charge in [-0.2, -0.15) is 0 Å². The maximum absolute atomic E-state index is 13.5.